The molecule has 1 aliphatic rings. The van der Waals surface area contributed by atoms with E-state index < -0.39 is 0 Å². The monoisotopic (exact) mass is 749 g/mol. The summed E-state index contributed by atoms with van der Waals surface area (Å²) >= 11 is 0. The van der Waals surface area contributed by atoms with E-state index in [9.17, 15) is 14.4 Å². The molecule has 0 fully saturated rings. The van der Waals surface area contributed by atoms with E-state index in [1.54, 1.807) is 0 Å². The summed E-state index contributed by atoms with van der Waals surface area (Å²) in [6.45, 7) is 6.81. The van der Waals surface area contributed by atoms with Gasteiger partial charge in [0, 0.05) is 24.0 Å². The Labute approximate surface area is 327 Å². The minimum atomic E-state index is -0.0411. The van der Waals surface area contributed by atoms with E-state index >= 15 is 0 Å². The van der Waals surface area contributed by atoms with E-state index in [2.05, 4.69) is 13.8 Å². The summed E-state index contributed by atoms with van der Waals surface area (Å²) in [5, 5.41) is 0. The topological polar surface area (TPSA) is 88.1 Å². The molecule has 0 aliphatic heterocycles. The van der Waals surface area contributed by atoms with Crippen molar-refractivity contribution < 1.29 is 33.3 Å². The molecule has 3 rings (SSSR count). The van der Waals surface area contributed by atoms with Crippen LogP contribution in [-0.2, 0) is 19.1 Å². The van der Waals surface area contributed by atoms with Crippen molar-refractivity contribution in [2.45, 2.75) is 181 Å². The first-order valence-electron chi connectivity index (χ1n) is 21.9. The van der Waals surface area contributed by atoms with Gasteiger partial charge in [0.1, 0.15) is 11.5 Å². The van der Waals surface area contributed by atoms with E-state index in [0.29, 0.717) is 50.4 Å². The maximum absolute atomic E-state index is 13.3. The second-order valence-corrected chi connectivity index (χ2v) is 15.2. The van der Waals surface area contributed by atoms with E-state index in [1.165, 1.54) is 77.0 Å². The zero-order chi connectivity index (χ0) is 38.5. The third kappa shape index (κ3) is 18.8. The summed E-state index contributed by atoms with van der Waals surface area (Å²) < 4.78 is 22.7. The first-order valence-corrected chi connectivity index (χ1v) is 21.9. The second kappa shape index (κ2) is 29.0. The lowest BCUT2D eigenvalue weighted by atomic mass is 10.1. The van der Waals surface area contributed by atoms with Gasteiger partial charge >= 0.3 is 11.9 Å². The van der Waals surface area contributed by atoms with Gasteiger partial charge in [-0.25, -0.2) is 0 Å². The Kier molecular flexibility index (Phi) is 24.2. The molecular formula is C47H72O7. The van der Waals surface area contributed by atoms with Crippen molar-refractivity contribution >= 4 is 17.7 Å². The molecular weight excluding hydrogens is 677 g/mol. The predicted molar refractivity (Wildman–Crippen MR) is 220 cm³/mol. The van der Waals surface area contributed by atoms with Crippen molar-refractivity contribution in [2.24, 2.45) is 0 Å². The van der Waals surface area contributed by atoms with Crippen molar-refractivity contribution in [1.82, 2.24) is 0 Å². The van der Waals surface area contributed by atoms with Gasteiger partial charge in [-0.2, -0.15) is 0 Å². The van der Waals surface area contributed by atoms with Gasteiger partial charge in [-0.3, -0.25) is 14.4 Å². The lowest BCUT2D eigenvalue weighted by Crippen LogP contribution is -2.05. The van der Waals surface area contributed by atoms with Gasteiger partial charge in [-0.05, 0) is 86.1 Å². The highest BCUT2D eigenvalue weighted by atomic mass is 16.5. The summed E-state index contributed by atoms with van der Waals surface area (Å²) in [5.41, 5.74) is 3.34. The van der Waals surface area contributed by atoms with Crippen LogP contribution >= 0.6 is 0 Å². The number of carbonyl (C=O) groups is 3. The van der Waals surface area contributed by atoms with Crippen LogP contribution in [0.25, 0.3) is 11.1 Å². The van der Waals surface area contributed by atoms with Crippen LogP contribution in [-0.4, -0.2) is 44.1 Å². The minimum absolute atomic E-state index is 0.0366. The molecule has 0 amide bonds. The number of carbonyl (C=O) groups excluding carboxylic acids is 3. The zero-order valence-corrected chi connectivity index (χ0v) is 34.0. The number of benzene rings is 2. The van der Waals surface area contributed by atoms with Crippen molar-refractivity contribution in [3.8, 4) is 22.6 Å². The zero-order valence-electron chi connectivity index (χ0n) is 34.0. The number of unbranched alkanes of at least 4 members (excludes halogenated alkanes) is 20. The van der Waals surface area contributed by atoms with Crippen molar-refractivity contribution in [2.75, 3.05) is 26.4 Å². The molecule has 0 spiro atoms. The molecule has 0 bridgehead atoms. The quantitative estimate of drug-likeness (QED) is 0.0444. The van der Waals surface area contributed by atoms with E-state index in [1.807, 2.05) is 36.4 Å². The third-order valence-electron chi connectivity index (χ3n) is 10.4. The molecule has 0 saturated heterocycles. The number of esters is 2. The molecule has 54 heavy (non-hydrogen) atoms. The molecule has 7 nitrogen and oxygen atoms in total. The Morgan fingerprint density at radius 1 is 0.407 bits per heavy atom. The molecule has 0 heterocycles. The molecule has 7 heteroatoms. The second-order valence-electron chi connectivity index (χ2n) is 15.2. The molecule has 1 aliphatic carbocycles. The van der Waals surface area contributed by atoms with Gasteiger partial charge < -0.3 is 18.9 Å². The van der Waals surface area contributed by atoms with E-state index in [-0.39, 0.29) is 17.7 Å². The van der Waals surface area contributed by atoms with Crippen molar-refractivity contribution in [1.29, 1.82) is 0 Å². The van der Waals surface area contributed by atoms with Gasteiger partial charge in [0.05, 0.1) is 26.4 Å². The number of hydrogen-bond acceptors (Lipinski definition) is 7. The molecule has 0 aromatic heterocycles. The molecule has 0 atom stereocenters. The highest BCUT2D eigenvalue weighted by Gasteiger charge is 2.27. The Morgan fingerprint density at radius 2 is 0.741 bits per heavy atom. The maximum Gasteiger partial charge on any atom is 0.305 e. The van der Waals surface area contributed by atoms with Gasteiger partial charge in [0.25, 0.3) is 0 Å². The van der Waals surface area contributed by atoms with Crippen LogP contribution in [0.5, 0.6) is 11.5 Å². The first kappa shape index (κ1) is 45.0. The Bertz CT molecular complexity index is 1240. The van der Waals surface area contributed by atoms with Crippen LogP contribution < -0.4 is 9.47 Å². The maximum atomic E-state index is 13.3. The largest absolute Gasteiger partial charge is 0.494 e. The molecule has 0 unspecified atom stereocenters. The van der Waals surface area contributed by atoms with E-state index in [4.69, 9.17) is 18.9 Å². The van der Waals surface area contributed by atoms with Crippen LogP contribution in [0.4, 0.5) is 0 Å². The molecule has 302 valence electrons. The standard InChI is InChI=1S/C47H72O7/c1-3-5-7-23-35-53-45(48)27-21-17-13-9-11-15-19-25-33-51-39-29-31-41-42-32-30-40(38-44(42)47(50)43(41)37-39)52-34-26-20-16-12-10-14-18-22-28-46(49)54-36-24-8-6-4-2/h29-32,37-38H,3-28,33-36H2,1-2H3. The lowest BCUT2D eigenvalue weighted by molar-refractivity contribution is -0.144. The van der Waals surface area contributed by atoms with Crippen molar-refractivity contribution in [3.63, 3.8) is 0 Å². The number of fused-ring (bicyclic) bond motifs is 3. The summed E-state index contributed by atoms with van der Waals surface area (Å²) in [4.78, 5) is 37.0. The molecule has 2 aromatic rings. The summed E-state index contributed by atoms with van der Waals surface area (Å²) in [5.74, 6) is 1.45. The number of ether oxygens (including phenoxy) is 4. The SMILES string of the molecule is CCCCCCOC(=O)CCCCCCCCCCOc1ccc2c(c1)C(=O)c1cc(OCCCCCCCCCCC(=O)OCCCCCC)ccc1-2. The van der Waals surface area contributed by atoms with Gasteiger partial charge in [0.15, 0.2) is 5.78 Å². The smallest absolute Gasteiger partial charge is 0.305 e. The van der Waals surface area contributed by atoms with Gasteiger partial charge in [0.2, 0.25) is 0 Å². The Hall–Kier alpha value is -3.35. The third-order valence-corrected chi connectivity index (χ3v) is 10.4. The fourth-order valence-electron chi connectivity index (χ4n) is 7.04. The summed E-state index contributed by atoms with van der Waals surface area (Å²) in [7, 11) is 0. The fourth-order valence-corrected chi connectivity index (χ4v) is 7.04. The molecule has 0 saturated carbocycles. The average Bonchev–Trinajstić information content (AvgIpc) is 3.45. The fraction of sp³-hybridized carbons (Fsp3) is 0.681. The van der Waals surface area contributed by atoms with Gasteiger partial charge in [-0.1, -0.05) is 129 Å². The van der Waals surface area contributed by atoms with Gasteiger partial charge in [-0.15, -0.1) is 0 Å². The highest BCUT2D eigenvalue weighted by molar-refractivity contribution is 6.22. The molecule has 0 radical (unpaired) electrons. The Balaban J connectivity index is 1.18. The summed E-state index contributed by atoms with van der Waals surface area (Å²) in [6, 6.07) is 11.7. The Morgan fingerprint density at radius 3 is 1.13 bits per heavy atom. The van der Waals surface area contributed by atoms with Crippen LogP contribution in [0.1, 0.15) is 197 Å². The molecule has 2 aromatic carbocycles. The number of rotatable bonds is 34. The highest BCUT2D eigenvalue weighted by Crippen LogP contribution is 2.40. The normalized spacial score (nSPS) is 11.7. The van der Waals surface area contributed by atoms with Crippen molar-refractivity contribution in [3.05, 3.63) is 47.5 Å². The van der Waals surface area contributed by atoms with Crippen LogP contribution in [0.2, 0.25) is 0 Å². The lowest BCUT2D eigenvalue weighted by Gasteiger charge is -2.08. The van der Waals surface area contributed by atoms with Crippen LogP contribution in [0, 0.1) is 0 Å². The summed E-state index contributed by atoms with van der Waals surface area (Å²) in [6.07, 6.45) is 28.0. The number of hydrogen-bond donors (Lipinski definition) is 0. The van der Waals surface area contributed by atoms with Crippen LogP contribution in [0.15, 0.2) is 36.4 Å². The minimum Gasteiger partial charge on any atom is -0.494 e. The van der Waals surface area contributed by atoms with Crippen LogP contribution in [0.3, 0.4) is 0 Å². The first-order chi connectivity index (χ1) is 26.5. The number of ketones is 1. The van der Waals surface area contributed by atoms with E-state index in [0.717, 1.165) is 99.7 Å². The average molecular weight is 749 g/mol. The predicted octanol–water partition coefficient (Wildman–Crippen LogP) is 12.9. The molecule has 0 N–H and O–H groups in total.